The van der Waals surface area contributed by atoms with E-state index in [0.717, 1.165) is 0 Å². The maximum absolute atomic E-state index is 12.2. The lowest BCUT2D eigenvalue weighted by Crippen LogP contribution is -2.17. The van der Waals surface area contributed by atoms with E-state index in [1.54, 1.807) is 30.3 Å². The fourth-order valence-electron chi connectivity index (χ4n) is 2.79. The first-order valence-electron chi connectivity index (χ1n) is 10.3. The van der Waals surface area contributed by atoms with Gasteiger partial charge in [0, 0.05) is 23.2 Å². The van der Waals surface area contributed by atoms with Gasteiger partial charge in [-0.25, -0.2) is 4.79 Å². The highest BCUT2D eigenvalue weighted by atomic mass is 16.5. The van der Waals surface area contributed by atoms with E-state index in [1.165, 1.54) is 43.5 Å². The normalized spacial score (nSPS) is 10.3. The maximum Gasteiger partial charge on any atom is 0.379 e. The third-order valence-electron chi connectivity index (χ3n) is 4.60. The molecule has 0 aliphatic rings. The smallest absolute Gasteiger partial charge is 0.379 e. The Kier molecular flexibility index (Phi) is 8.07. The van der Waals surface area contributed by atoms with E-state index in [4.69, 9.17) is 13.9 Å². The van der Waals surface area contributed by atoms with E-state index in [0.29, 0.717) is 11.3 Å². The summed E-state index contributed by atoms with van der Waals surface area (Å²) in [6.07, 6.45) is 1.02. The standard InChI is InChI=1S/C25H21NO8/c1-16(27)17-4-8-19(9-5-17)26-23(29)12-13-24(30)33-15-21(28)18-6-10-20(11-7-18)34-25(31)22-3-2-14-32-22/h2-11,14H,12-13,15H2,1H3,(H,26,29). The van der Waals surface area contributed by atoms with Crippen molar-refractivity contribution in [1.82, 2.24) is 0 Å². The highest BCUT2D eigenvalue weighted by Gasteiger charge is 2.14. The number of hydrogen-bond acceptors (Lipinski definition) is 8. The second-order valence-corrected chi connectivity index (χ2v) is 7.16. The quantitative estimate of drug-likeness (QED) is 0.273. The zero-order chi connectivity index (χ0) is 24.5. The molecule has 0 aliphatic heterocycles. The summed E-state index contributed by atoms with van der Waals surface area (Å²) in [5, 5.41) is 2.62. The molecule has 1 heterocycles. The van der Waals surface area contributed by atoms with Crippen molar-refractivity contribution >= 4 is 35.1 Å². The molecule has 0 saturated carbocycles. The molecule has 0 unspecified atom stereocenters. The lowest BCUT2D eigenvalue weighted by Gasteiger charge is -2.07. The summed E-state index contributed by atoms with van der Waals surface area (Å²) in [6, 6.07) is 15.1. The van der Waals surface area contributed by atoms with Gasteiger partial charge in [-0.2, -0.15) is 0 Å². The number of rotatable bonds is 10. The summed E-state index contributed by atoms with van der Waals surface area (Å²) < 4.78 is 15.0. The lowest BCUT2D eigenvalue weighted by molar-refractivity contribution is -0.143. The van der Waals surface area contributed by atoms with E-state index in [2.05, 4.69) is 5.32 Å². The first-order chi connectivity index (χ1) is 16.3. The molecule has 1 amide bonds. The molecule has 2 aromatic carbocycles. The molecule has 9 nitrogen and oxygen atoms in total. The van der Waals surface area contributed by atoms with Crippen molar-refractivity contribution in [2.75, 3.05) is 11.9 Å². The van der Waals surface area contributed by atoms with E-state index in [-0.39, 0.29) is 35.7 Å². The topological polar surface area (TPSA) is 129 Å². The van der Waals surface area contributed by atoms with Gasteiger partial charge < -0.3 is 19.2 Å². The van der Waals surface area contributed by atoms with Gasteiger partial charge in [0.15, 0.2) is 18.2 Å². The molecule has 0 aliphatic carbocycles. The Morgan fingerprint density at radius 3 is 2.15 bits per heavy atom. The molecule has 9 heteroatoms. The molecular formula is C25H21NO8. The average Bonchev–Trinajstić information content (AvgIpc) is 3.37. The minimum Gasteiger partial charge on any atom is -0.457 e. The van der Waals surface area contributed by atoms with Crippen LogP contribution < -0.4 is 10.1 Å². The summed E-state index contributed by atoms with van der Waals surface area (Å²) in [6.45, 7) is 0.956. The molecule has 1 aromatic heterocycles. The Hall–Kier alpha value is -4.53. The first kappa shape index (κ1) is 24.1. The summed E-state index contributed by atoms with van der Waals surface area (Å²) >= 11 is 0. The second kappa shape index (κ2) is 11.4. The number of ketones is 2. The van der Waals surface area contributed by atoms with E-state index < -0.39 is 30.2 Å². The number of carbonyl (C=O) groups excluding carboxylic acids is 5. The van der Waals surface area contributed by atoms with Gasteiger partial charge in [-0.3, -0.25) is 19.2 Å². The van der Waals surface area contributed by atoms with Gasteiger partial charge in [-0.15, -0.1) is 0 Å². The average molecular weight is 463 g/mol. The van der Waals surface area contributed by atoms with Crippen molar-refractivity contribution in [2.24, 2.45) is 0 Å². The van der Waals surface area contributed by atoms with Crippen LogP contribution in [0.25, 0.3) is 0 Å². The predicted molar refractivity (Wildman–Crippen MR) is 120 cm³/mol. The van der Waals surface area contributed by atoms with Crippen molar-refractivity contribution in [3.8, 4) is 5.75 Å². The Morgan fingerprint density at radius 2 is 1.53 bits per heavy atom. The van der Waals surface area contributed by atoms with Gasteiger partial charge in [-0.05, 0) is 67.6 Å². The summed E-state index contributed by atoms with van der Waals surface area (Å²) in [5.74, 6) is -2.04. The molecule has 174 valence electrons. The van der Waals surface area contributed by atoms with Crippen molar-refractivity contribution in [3.63, 3.8) is 0 Å². The molecule has 3 aromatic rings. The SMILES string of the molecule is CC(=O)c1ccc(NC(=O)CCC(=O)OCC(=O)c2ccc(OC(=O)c3ccco3)cc2)cc1. The highest BCUT2D eigenvalue weighted by Crippen LogP contribution is 2.15. The number of carbonyl (C=O) groups is 5. The second-order valence-electron chi connectivity index (χ2n) is 7.16. The van der Waals surface area contributed by atoms with E-state index in [9.17, 15) is 24.0 Å². The van der Waals surface area contributed by atoms with Gasteiger partial charge in [0.2, 0.25) is 11.7 Å². The van der Waals surface area contributed by atoms with Crippen LogP contribution in [0.1, 0.15) is 51.0 Å². The zero-order valence-corrected chi connectivity index (χ0v) is 18.2. The first-order valence-corrected chi connectivity index (χ1v) is 10.3. The molecule has 0 saturated heterocycles. The van der Waals surface area contributed by atoms with Gasteiger partial charge in [0.05, 0.1) is 12.7 Å². The number of amides is 1. The summed E-state index contributed by atoms with van der Waals surface area (Å²) in [5.41, 5.74) is 1.28. The Morgan fingerprint density at radius 1 is 0.853 bits per heavy atom. The van der Waals surface area contributed by atoms with Crippen LogP contribution in [-0.2, 0) is 14.3 Å². The molecule has 0 spiro atoms. The van der Waals surface area contributed by atoms with Crippen molar-refractivity contribution < 1.29 is 37.9 Å². The number of Topliss-reactive ketones (excluding diaryl/α,β-unsaturated/α-hetero) is 2. The Balaban J connectivity index is 1.39. The monoisotopic (exact) mass is 463 g/mol. The highest BCUT2D eigenvalue weighted by molar-refractivity contribution is 5.99. The van der Waals surface area contributed by atoms with Gasteiger partial charge in [0.1, 0.15) is 5.75 Å². The van der Waals surface area contributed by atoms with Gasteiger partial charge in [-0.1, -0.05) is 0 Å². The Bertz CT molecular complexity index is 1180. The number of anilines is 1. The summed E-state index contributed by atoms with van der Waals surface area (Å²) in [7, 11) is 0. The number of hydrogen-bond donors (Lipinski definition) is 1. The molecule has 0 fully saturated rings. The van der Waals surface area contributed by atoms with Crippen LogP contribution in [0.15, 0.2) is 71.3 Å². The molecule has 34 heavy (non-hydrogen) atoms. The minimum absolute atomic E-state index is 0.0478. The molecule has 3 rings (SSSR count). The maximum atomic E-state index is 12.2. The number of nitrogens with one attached hydrogen (secondary N) is 1. The van der Waals surface area contributed by atoms with Crippen LogP contribution >= 0.6 is 0 Å². The third-order valence-corrected chi connectivity index (χ3v) is 4.60. The molecule has 1 N–H and O–H groups in total. The fraction of sp³-hybridized carbons (Fsp3) is 0.160. The Labute approximate surface area is 194 Å². The van der Waals surface area contributed by atoms with Crippen LogP contribution in [-0.4, -0.2) is 36.0 Å². The van der Waals surface area contributed by atoms with Crippen molar-refractivity contribution in [3.05, 3.63) is 83.8 Å². The fourth-order valence-corrected chi connectivity index (χ4v) is 2.79. The lowest BCUT2D eigenvalue weighted by atomic mass is 10.1. The number of ether oxygens (including phenoxy) is 2. The van der Waals surface area contributed by atoms with Crippen LogP contribution in [0.4, 0.5) is 5.69 Å². The van der Waals surface area contributed by atoms with E-state index in [1.807, 2.05) is 0 Å². The molecule has 0 bridgehead atoms. The number of furan rings is 1. The predicted octanol–water partition coefficient (Wildman–Crippen LogP) is 3.85. The summed E-state index contributed by atoms with van der Waals surface area (Å²) in [4.78, 5) is 59.2. The number of benzene rings is 2. The zero-order valence-electron chi connectivity index (χ0n) is 18.2. The van der Waals surface area contributed by atoms with Gasteiger partial charge >= 0.3 is 11.9 Å². The van der Waals surface area contributed by atoms with Crippen LogP contribution in [0.5, 0.6) is 5.75 Å². The number of esters is 2. The molecule has 0 radical (unpaired) electrons. The molecular weight excluding hydrogens is 442 g/mol. The third kappa shape index (κ3) is 6.99. The van der Waals surface area contributed by atoms with Crippen molar-refractivity contribution in [2.45, 2.75) is 19.8 Å². The van der Waals surface area contributed by atoms with Crippen LogP contribution in [0, 0.1) is 0 Å². The van der Waals surface area contributed by atoms with Crippen molar-refractivity contribution in [1.29, 1.82) is 0 Å². The van der Waals surface area contributed by atoms with Crippen LogP contribution in [0.3, 0.4) is 0 Å². The largest absolute Gasteiger partial charge is 0.457 e. The molecule has 0 atom stereocenters. The minimum atomic E-state index is -0.695. The van der Waals surface area contributed by atoms with Gasteiger partial charge in [0.25, 0.3) is 0 Å². The van der Waals surface area contributed by atoms with Crippen LogP contribution in [0.2, 0.25) is 0 Å². The van der Waals surface area contributed by atoms with E-state index >= 15 is 0 Å².